The van der Waals surface area contributed by atoms with E-state index in [0.29, 0.717) is 5.65 Å². The number of aromatic nitrogens is 5. The first-order valence-electron chi connectivity index (χ1n) is 13.6. The molecule has 0 aliphatic carbocycles. The Morgan fingerprint density at radius 2 is 1.77 bits per heavy atom. The summed E-state index contributed by atoms with van der Waals surface area (Å²) in [6.45, 7) is 19.3. The minimum atomic E-state index is 0.155. The topological polar surface area (TPSA) is 94.7 Å². The number of H-pyrrole nitrogens is 1. The molecule has 0 amide bonds. The van der Waals surface area contributed by atoms with Crippen LogP contribution in [0.2, 0.25) is 0 Å². The molecular formula is C31H38N8. The van der Waals surface area contributed by atoms with Crippen LogP contribution in [0.5, 0.6) is 0 Å². The Kier molecular flexibility index (Phi) is 7.37. The normalized spacial score (nSPS) is 13.9. The summed E-state index contributed by atoms with van der Waals surface area (Å²) in [6, 6.07) is 6.14. The van der Waals surface area contributed by atoms with Crippen molar-refractivity contribution in [2.45, 2.75) is 53.4 Å². The summed E-state index contributed by atoms with van der Waals surface area (Å²) < 4.78 is 0. The van der Waals surface area contributed by atoms with Gasteiger partial charge >= 0.3 is 0 Å². The molecule has 39 heavy (non-hydrogen) atoms. The highest BCUT2D eigenvalue weighted by atomic mass is 15.2. The Hall–Kier alpha value is -4.20. The van der Waals surface area contributed by atoms with E-state index < -0.39 is 0 Å². The van der Waals surface area contributed by atoms with Gasteiger partial charge < -0.3 is 15.5 Å². The number of hydrogen-bond donors (Lipinski definition) is 3. The molecule has 3 N–H and O–H groups in total. The number of hydrogen-bond acceptors (Lipinski definition) is 7. The lowest BCUT2D eigenvalue weighted by Crippen LogP contribution is -2.30. The third-order valence-corrected chi connectivity index (χ3v) is 6.97. The van der Waals surface area contributed by atoms with E-state index in [1.54, 1.807) is 0 Å². The molecule has 202 valence electrons. The molecule has 0 bridgehead atoms. The predicted octanol–water partition coefficient (Wildman–Crippen LogP) is 7.16. The fraction of sp³-hybridized carbons (Fsp3) is 0.355. The molecule has 0 saturated carbocycles. The van der Waals surface area contributed by atoms with Crippen LogP contribution in [-0.2, 0) is 0 Å². The van der Waals surface area contributed by atoms with E-state index in [4.69, 9.17) is 0 Å². The monoisotopic (exact) mass is 522 g/mol. The summed E-state index contributed by atoms with van der Waals surface area (Å²) in [5.74, 6) is 1.04. The molecule has 0 aromatic carbocycles. The lowest BCUT2D eigenvalue weighted by atomic mass is 9.91. The lowest BCUT2D eigenvalue weighted by Gasteiger charge is -2.29. The van der Waals surface area contributed by atoms with Gasteiger partial charge in [-0.25, -0.2) is 9.97 Å². The van der Waals surface area contributed by atoms with Gasteiger partial charge in [0.05, 0.1) is 23.3 Å². The van der Waals surface area contributed by atoms with Crippen LogP contribution in [0.15, 0.2) is 61.8 Å². The van der Waals surface area contributed by atoms with Crippen molar-refractivity contribution < 1.29 is 0 Å². The maximum atomic E-state index is 4.68. The van der Waals surface area contributed by atoms with Crippen LogP contribution in [-0.4, -0.2) is 38.2 Å². The summed E-state index contributed by atoms with van der Waals surface area (Å²) in [6.07, 6.45) is 11.9. The van der Waals surface area contributed by atoms with E-state index in [9.17, 15) is 0 Å². The SMILES string of the molecule is C=C(CC(C)(C)C)Nc1cncc(-c2cnc3n[nH]c(C(=C)Nc4ccnc(N5CCCCC5)c4C)c3c2)c1. The summed E-state index contributed by atoms with van der Waals surface area (Å²) in [4.78, 5) is 16.1. The van der Waals surface area contributed by atoms with Crippen LogP contribution in [0.25, 0.3) is 27.9 Å². The minimum absolute atomic E-state index is 0.155. The molecule has 4 aromatic rings. The Morgan fingerprint density at radius 1 is 1.00 bits per heavy atom. The van der Waals surface area contributed by atoms with Crippen LogP contribution in [0.1, 0.15) is 57.7 Å². The van der Waals surface area contributed by atoms with Gasteiger partial charge in [-0.2, -0.15) is 5.10 Å². The first kappa shape index (κ1) is 26.4. The first-order chi connectivity index (χ1) is 18.7. The second-order valence-electron chi connectivity index (χ2n) is 11.6. The molecule has 0 spiro atoms. The number of fused-ring (bicyclic) bond motifs is 1. The molecule has 4 aromatic heterocycles. The van der Waals surface area contributed by atoms with Crippen molar-refractivity contribution in [2.75, 3.05) is 28.6 Å². The highest BCUT2D eigenvalue weighted by Crippen LogP contribution is 2.32. The molecule has 1 aliphatic rings. The quantitative estimate of drug-likeness (QED) is 0.226. The van der Waals surface area contributed by atoms with Gasteiger partial charge in [0.1, 0.15) is 5.82 Å². The van der Waals surface area contributed by atoms with Gasteiger partial charge in [0.25, 0.3) is 0 Å². The van der Waals surface area contributed by atoms with E-state index in [0.717, 1.165) is 75.9 Å². The van der Waals surface area contributed by atoms with E-state index in [-0.39, 0.29) is 5.41 Å². The number of aromatic amines is 1. The molecule has 0 unspecified atom stereocenters. The van der Waals surface area contributed by atoms with E-state index in [1.165, 1.54) is 19.3 Å². The molecule has 0 radical (unpaired) electrons. The van der Waals surface area contributed by atoms with Crippen molar-refractivity contribution in [1.82, 2.24) is 25.1 Å². The smallest absolute Gasteiger partial charge is 0.181 e. The molecule has 5 heterocycles. The number of anilines is 3. The van der Waals surface area contributed by atoms with Crippen LogP contribution in [0.3, 0.4) is 0 Å². The number of nitrogens with zero attached hydrogens (tertiary/aromatic N) is 5. The highest BCUT2D eigenvalue weighted by Gasteiger charge is 2.18. The number of piperidine rings is 1. The van der Waals surface area contributed by atoms with Crippen molar-refractivity contribution >= 4 is 33.9 Å². The molecule has 8 nitrogen and oxygen atoms in total. The molecule has 1 fully saturated rings. The van der Waals surface area contributed by atoms with Crippen molar-refractivity contribution in [3.05, 3.63) is 73.1 Å². The maximum Gasteiger partial charge on any atom is 0.181 e. The van der Waals surface area contributed by atoms with Gasteiger partial charge in [-0.15, -0.1) is 0 Å². The second-order valence-corrected chi connectivity index (χ2v) is 11.6. The number of rotatable bonds is 8. The van der Waals surface area contributed by atoms with Gasteiger partial charge in [-0.05, 0) is 56.2 Å². The molecular weight excluding hydrogens is 484 g/mol. The van der Waals surface area contributed by atoms with Crippen molar-refractivity contribution in [3.63, 3.8) is 0 Å². The fourth-order valence-corrected chi connectivity index (χ4v) is 5.15. The Bertz CT molecular complexity index is 1500. The van der Waals surface area contributed by atoms with Crippen LogP contribution < -0.4 is 15.5 Å². The highest BCUT2D eigenvalue weighted by molar-refractivity contribution is 5.93. The van der Waals surface area contributed by atoms with Gasteiger partial charge in [0.15, 0.2) is 5.65 Å². The third-order valence-electron chi connectivity index (χ3n) is 6.97. The Labute approximate surface area is 230 Å². The van der Waals surface area contributed by atoms with Gasteiger partial charge in [0.2, 0.25) is 0 Å². The molecule has 0 atom stereocenters. The molecule has 1 saturated heterocycles. The summed E-state index contributed by atoms with van der Waals surface area (Å²) in [7, 11) is 0. The fourth-order valence-electron chi connectivity index (χ4n) is 5.15. The van der Waals surface area contributed by atoms with E-state index in [2.05, 4.69) is 93.7 Å². The zero-order valence-corrected chi connectivity index (χ0v) is 23.4. The van der Waals surface area contributed by atoms with Gasteiger partial charge in [0, 0.05) is 65.1 Å². The van der Waals surface area contributed by atoms with E-state index >= 15 is 0 Å². The summed E-state index contributed by atoms with van der Waals surface area (Å²) in [5, 5.41) is 15.3. The average Bonchev–Trinajstić information content (AvgIpc) is 3.33. The third kappa shape index (κ3) is 6.11. The standard InChI is InChI=1S/C31H38N8/c1-20(16-31(4,5)6)35-25-14-23(17-32-19-25)24-15-26-28(37-38-29(26)34-18-24)22(3)36-27-10-11-33-30(21(27)2)39-12-8-7-9-13-39/h10-11,14-15,17-19,35H,1,3,7-9,12-13,16H2,2,4-6H3,(H,33,36)(H,34,37,38). The van der Waals surface area contributed by atoms with E-state index in [1.807, 2.05) is 30.9 Å². The van der Waals surface area contributed by atoms with Gasteiger partial charge in [-0.1, -0.05) is 33.9 Å². The van der Waals surface area contributed by atoms with Crippen molar-refractivity contribution in [1.29, 1.82) is 0 Å². The largest absolute Gasteiger partial charge is 0.358 e. The van der Waals surface area contributed by atoms with Crippen LogP contribution in [0, 0.1) is 12.3 Å². The molecule has 5 rings (SSSR count). The summed E-state index contributed by atoms with van der Waals surface area (Å²) in [5.41, 5.74) is 8.19. The van der Waals surface area contributed by atoms with Crippen LogP contribution >= 0.6 is 0 Å². The average molecular weight is 523 g/mol. The zero-order chi connectivity index (χ0) is 27.6. The Balaban J connectivity index is 1.38. The first-order valence-corrected chi connectivity index (χ1v) is 13.6. The number of nitrogens with one attached hydrogen (secondary N) is 3. The lowest BCUT2D eigenvalue weighted by molar-refractivity contribution is 0.411. The number of pyridine rings is 3. The number of allylic oxidation sites excluding steroid dienone is 1. The van der Waals surface area contributed by atoms with Crippen molar-refractivity contribution in [3.8, 4) is 11.1 Å². The predicted molar refractivity (Wildman–Crippen MR) is 162 cm³/mol. The van der Waals surface area contributed by atoms with Crippen molar-refractivity contribution in [2.24, 2.45) is 5.41 Å². The Morgan fingerprint density at radius 3 is 2.54 bits per heavy atom. The molecule has 8 heteroatoms. The zero-order valence-electron chi connectivity index (χ0n) is 23.4. The summed E-state index contributed by atoms with van der Waals surface area (Å²) >= 11 is 0. The molecule has 1 aliphatic heterocycles. The minimum Gasteiger partial charge on any atom is -0.358 e. The van der Waals surface area contributed by atoms with Crippen LogP contribution in [0.4, 0.5) is 17.2 Å². The van der Waals surface area contributed by atoms with Gasteiger partial charge in [-0.3, -0.25) is 10.1 Å². The maximum absolute atomic E-state index is 4.68. The second kappa shape index (κ2) is 10.9.